The van der Waals surface area contributed by atoms with Crippen LogP contribution < -0.4 is 4.74 Å². The summed E-state index contributed by atoms with van der Waals surface area (Å²) in [6.45, 7) is 4.60. The number of hydrogen-bond acceptors (Lipinski definition) is 3. The molecule has 4 heteroatoms. The van der Waals surface area contributed by atoms with Crippen LogP contribution in [0.4, 0.5) is 0 Å². The smallest absolute Gasteiger partial charge is 0.198 e. The van der Waals surface area contributed by atoms with Gasteiger partial charge in [-0.25, -0.2) is 0 Å². The second-order valence-electron chi connectivity index (χ2n) is 4.52. The van der Waals surface area contributed by atoms with Gasteiger partial charge in [0.1, 0.15) is 5.75 Å². The summed E-state index contributed by atoms with van der Waals surface area (Å²) in [6, 6.07) is 6.02. The number of ether oxygens (including phenoxy) is 3. The highest BCUT2D eigenvalue weighted by Gasteiger charge is 2.43. The van der Waals surface area contributed by atoms with Crippen molar-refractivity contribution >= 4 is 11.6 Å². The van der Waals surface area contributed by atoms with Crippen molar-refractivity contribution in [1.29, 1.82) is 0 Å². The summed E-state index contributed by atoms with van der Waals surface area (Å²) in [5.74, 6) is 0.505. The van der Waals surface area contributed by atoms with Crippen LogP contribution in [-0.2, 0) is 15.3 Å². The maximum Gasteiger partial charge on any atom is 0.198 e. The highest BCUT2D eigenvalue weighted by Crippen LogP contribution is 2.42. The van der Waals surface area contributed by atoms with Gasteiger partial charge in [0.25, 0.3) is 0 Å². The van der Waals surface area contributed by atoms with Gasteiger partial charge in [-0.05, 0) is 19.1 Å². The minimum absolute atomic E-state index is 0.0585. The zero-order valence-corrected chi connectivity index (χ0v) is 11.8. The first-order chi connectivity index (χ1) is 8.65. The first-order valence-electron chi connectivity index (χ1n) is 6.18. The summed E-state index contributed by atoms with van der Waals surface area (Å²) in [6.07, 6.45) is 0.664. The van der Waals surface area contributed by atoms with E-state index >= 15 is 0 Å². The number of halogens is 1. The van der Waals surface area contributed by atoms with Crippen molar-refractivity contribution in [2.45, 2.75) is 32.2 Å². The van der Waals surface area contributed by atoms with Gasteiger partial charge in [0.05, 0.1) is 31.3 Å². The highest BCUT2D eigenvalue weighted by molar-refractivity contribution is 6.18. The molecule has 18 heavy (non-hydrogen) atoms. The van der Waals surface area contributed by atoms with E-state index in [1.165, 1.54) is 0 Å². The van der Waals surface area contributed by atoms with Crippen molar-refractivity contribution in [3.05, 3.63) is 29.3 Å². The zero-order chi connectivity index (χ0) is 13.2. The van der Waals surface area contributed by atoms with Crippen molar-refractivity contribution < 1.29 is 14.2 Å². The third-order valence-corrected chi connectivity index (χ3v) is 3.61. The first kappa shape index (κ1) is 13.7. The van der Waals surface area contributed by atoms with Crippen LogP contribution in [0.5, 0.6) is 5.75 Å². The number of benzene rings is 1. The van der Waals surface area contributed by atoms with E-state index in [-0.39, 0.29) is 6.10 Å². The summed E-state index contributed by atoms with van der Waals surface area (Å²) in [5.41, 5.74) is 2.10. The molecule has 1 heterocycles. The fourth-order valence-electron chi connectivity index (χ4n) is 2.28. The fraction of sp³-hybridized carbons (Fsp3) is 0.571. The molecule has 2 rings (SSSR count). The summed E-state index contributed by atoms with van der Waals surface area (Å²) in [4.78, 5) is 0. The van der Waals surface area contributed by atoms with Gasteiger partial charge in [-0.3, -0.25) is 0 Å². The molecule has 3 nitrogen and oxygen atoms in total. The number of methoxy groups -OCH3 is 1. The van der Waals surface area contributed by atoms with E-state index in [4.69, 9.17) is 25.8 Å². The largest absolute Gasteiger partial charge is 0.496 e. The van der Waals surface area contributed by atoms with Crippen molar-refractivity contribution in [2.75, 3.05) is 19.6 Å². The van der Waals surface area contributed by atoms with Crippen LogP contribution in [0.1, 0.15) is 24.5 Å². The Bertz CT molecular complexity index is 422. The van der Waals surface area contributed by atoms with E-state index in [1.807, 2.05) is 26.0 Å². The molecule has 0 spiro atoms. The lowest BCUT2D eigenvalue weighted by atomic mass is 10.00. The number of aryl methyl sites for hydroxylation is 1. The van der Waals surface area contributed by atoms with Crippen LogP contribution in [-0.4, -0.2) is 25.7 Å². The maximum absolute atomic E-state index is 6.00. The Kier molecular flexibility index (Phi) is 4.15. The molecule has 1 aromatic carbocycles. The van der Waals surface area contributed by atoms with Crippen molar-refractivity contribution in [3.63, 3.8) is 0 Å². The van der Waals surface area contributed by atoms with Gasteiger partial charge in [0.2, 0.25) is 0 Å². The predicted octanol–water partition coefficient (Wildman–Crippen LogP) is 3.22. The molecule has 1 aromatic rings. The molecule has 1 aliphatic heterocycles. The lowest BCUT2D eigenvalue weighted by molar-refractivity contribution is -0.177. The first-order valence-corrected chi connectivity index (χ1v) is 6.71. The van der Waals surface area contributed by atoms with E-state index in [9.17, 15) is 0 Å². The van der Waals surface area contributed by atoms with E-state index in [1.54, 1.807) is 7.11 Å². The Hall–Kier alpha value is -0.770. The average Bonchev–Trinajstić information content (AvgIpc) is 2.83. The third-order valence-electron chi connectivity index (χ3n) is 3.26. The second kappa shape index (κ2) is 5.47. The van der Waals surface area contributed by atoms with Gasteiger partial charge >= 0.3 is 0 Å². The summed E-state index contributed by atoms with van der Waals surface area (Å²) in [5, 5.41) is 0. The van der Waals surface area contributed by atoms with Crippen LogP contribution in [0.25, 0.3) is 0 Å². The average molecular weight is 271 g/mol. The molecule has 0 saturated carbocycles. The molecular weight excluding hydrogens is 252 g/mol. The Balaban J connectivity index is 2.41. The molecule has 0 aliphatic carbocycles. The Labute approximate surface area is 113 Å². The van der Waals surface area contributed by atoms with Crippen LogP contribution in [0.3, 0.4) is 0 Å². The number of rotatable bonds is 4. The topological polar surface area (TPSA) is 27.7 Å². The highest BCUT2D eigenvalue weighted by atomic mass is 35.5. The normalized spacial score (nSPS) is 27.4. The molecule has 1 aliphatic rings. The van der Waals surface area contributed by atoms with E-state index in [0.29, 0.717) is 12.5 Å². The van der Waals surface area contributed by atoms with Crippen LogP contribution >= 0.6 is 11.6 Å². The van der Waals surface area contributed by atoms with Crippen LogP contribution in [0, 0.1) is 6.92 Å². The molecule has 0 N–H and O–H groups in total. The SMILES string of the molecule is CCC1(c2cc(C)ccc2OC)OCC(CCl)O1. The lowest BCUT2D eigenvalue weighted by Gasteiger charge is -2.29. The lowest BCUT2D eigenvalue weighted by Crippen LogP contribution is -2.28. The molecule has 0 amide bonds. The summed E-state index contributed by atoms with van der Waals surface area (Å²) in [7, 11) is 1.66. The van der Waals surface area contributed by atoms with Crippen LogP contribution in [0.15, 0.2) is 18.2 Å². The maximum atomic E-state index is 6.00. The third kappa shape index (κ3) is 2.35. The van der Waals surface area contributed by atoms with E-state index in [2.05, 4.69) is 6.07 Å². The second-order valence-corrected chi connectivity index (χ2v) is 4.82. The standard InChI is InChI=1S/C14H19ClO3/c1-4-14(17-9-11(8-15)18-14)12-7-10(2)5-6-13(12)16-3/h5-7,11H,4,8-9H2,1-3H3. The van der Waals surface area contributed by atoms with Gasteiger partial charge in [-0.2, -0.15) is 0 Å². The Morgan fingerprint density at radius 1 is 1.50 bits per heavy atom. The molecule has 0 aromatic heterocycles. The Morgan fingerprint density at radius 2 is 2.28 bits per heavy atom. The van der Waals surface area contributed by atoms with Crippen molar-refractivity contribution in [2.24, 2.45) is 0 Å². The number of alkyl halides is 1. The Morgan fingerprint density at radius 3 is 2.83 bits per heavy atom. The van der Waals surface area contributed by atoms with Gasteiger partial charge in [0, 0.05) is 6.42 Å². The summed E-state index contributed by atoms with van der Waals surface area (Å²) < 4.78 is 17.3. The predicted molar refractivity (Wildman–Crippen MR) is 71.2 cm³/mol. The van der Waals surface area contributed by atoms with Gasteiger partial charge in [0.15, 0.2) is 5.79 Å². The monoisotopic (exact) mass is 270 g/mol. The molecule has 100 valence electrons. The minimum Gasteiger partial charge on any atom is -0.496 e. The fourth-order valence-corrected chi connectivity index (χ4v) is 2.43. The molecule has 0 bridgehead atoms. The number of hydrogen-bond donors (Lipinski definition) is 0. The molecule has 1 saturated heterocycles. The van der Waals surface area contributed by atoms with Crippen LogP contribution in [0.2, 0.25) is 0 Å². The zero-order valence-electron chi connectivity index (χ0n) is 11.0. The molecule has 1 fully saturated rings. The summed E-state index contributed by atoms with van der Waals surface area (Å²) >= 11 is 5.85. The van der Waals surface area contributed by atoms with Crippen molar-refractivity contribution in [1.82, 2.24) is 0 Å². The molecule has 0 radical (unpaired) electrons. The van der Waals surface area contributed by atoms with Gasteiger partial charge in [-0.15, -0.1) is 11.6 Å². The molecule has 2 unspecified atom stereocenters. The van der Waals surface area contributed by atoms with Gasteiger partial charge in [-0.1, -0.05) is 18.6 Å². The van der Waals surface area contributed by atoms with E-state index in [0.717, 1.165) is 23.3 Å². The molecular formula is C14H19ClO3. The quantitative estimate of drug-likeness (QED) is 0.787. The van der Waals surface area contributed by atoms with Crippen molar-refractivity contribution in [3.8, 4) is 5.75 Å². The van der Waals surface area contributed by atoms with Gasteiger partial charge < -0.3 is 14.2 Å². The minimum atomic E-state index is -0.725. The molecule has 2 atom stereocenters. The van der Waals surface area contributed by atoms with E-state index < -0.39 is 5.79 Å².